The zero-order valence-electron chi connectivity index (χ0n) is 11.5. The maximum atomic E-state index is 5.14. The van der Waals surface area contributed by atoms with Crippen molar-refractivity contribution >= 4 is 11.3 Å². The molecule has 1 heterocycles. The van der Waals surface area contributed by atoms with E-state index in [1.807, 2.05) is 6.20 Å². The van der Waals surface area contributed by atoms with Gasteiger partial charge in [0.15, 0.2) is 0 Å². The van der Waals surface area contributed by atoms with E-state index < -0.39 is 0 Å². The summed E-state index contributed by atoms with van der Waals surface area (Å²) in [6.07, 6.45) is 2.99. The van der Waals surface area contributed by atoms with Crippen LogP contribution in [-0.4, -0.2) is 12.1 Å². The van der Waals surface area contributed by atoms with Gasteiger partial charge in [0.05, 0.1) is 11.6 Å². The number of aryl methyl sites for hydroxylation is 1. The molecule has 2 aromatic rings. The van der Waals surface area contributed by atoms with Crippen molar-refractivity contribution in [3.63, 3.8) is 0 Å². The minimum atomic E-state index is 0.669. The molecule has 0 fully saturated rings. The lowest BCUT2D eigenvalue weighted by molar-refractivity contribution is 0.185. The third-order valence-corrected chi connectivity index (χ3v) is 3.98. The molecule has 2 rings (SSSR count). The van der Waals surface area contributed by atoms with Gasteiger partial charge in [0.25, 0.3) is 0 Å². The first kappa shape index (κ1) is 14.2. The number of nitrogens with zero attached hydrogens (tertiary/aromatic N) is 1. The Morgan fingerprint density at radius 3 is 2.84 bits per heavy atom. The summed E-state index contributed by atoms with van der Waals surface area (Å²) in [4.78, 5) is 5.66. The topological polar surface area (TPSA) is 34.2 Å². The van der Waals surface area contributed by atoms with Gasteiger partial charge in [0, 0.05) is 31.3 Å². The molecule has 0 aliphatic carbocycles. The van der Waals surface area contributed by atoms with Gasteiger partial charge in [-0.15, -0.1) is 11.3 Å². The Balaban J connectivity index is 1.83. The van der Waals surface area contributed by atoms with Crippen LogP contribution < -0.4 is 5.32 Å². The highest BCUT2D eigenvalue weighted by atomic mass is 32.1. The number of aromatic nitrogens is 1. The second kappa shape index (κ2) is 7.38. The molecule has 0 atom stereocenters. The van der Waals surface area contributed by atoms with E-state index in [4.69, 9.17) is 4.74 Å². The average molecular weight is 276 g/mol. The Hall–Kier alpha value is -1.23. The molecule has 19 heavy (non-hydrogen) atoms. The van der Waals surface area contributed by atoms with Gasteiger partial charge >= 0.3 is 0 Å². The Labute approximate surface area is 118 Å². The zero-order chi connectivity index (χ0) is 13.5. The lowest BCUT2D eigenvalue weighted by atomic mass is 10.1. The van der Waals surface area contributed by atoms with Crippen molar-refractivity contribution in [3.8, 4) is 0 Å². The molecule has 0 spiro atoms. The van der Waals surface area contributed by atoms with E-state index in [0.717, 1.165) is 19.5 Å². The number of nitrogens with one attached hydrogen (secondary N) is 1. The molecule has 4 heteroatoms. The lowest BCUT2D eigenvalue weighted by Gasteiger charge is -2.05. The van der Waals surface area contributed by atoms with Gasteiger partial charge in [0.1, 0.15) is 0 Å². The molecule has 102 valence electrons. The summed E-state index contributed by atoms with van der Waals surface area (Å²) in [6, 6.07) is 8.48. The van der Waals surface area contributed by atoms with E-state index in [0.29, 0.717) is 6.61 Å². The van der Waals surface area contributed by atoms with Gasteiger partial charge in [-0.2, -0.15) is 0 Å². The molecule has 0 aliphatic rings. The molecule has 1 N–H and O–H groups in total. The minimum Gasteiger partial charge on any atom is -0.380 e. The third-order valence-electron chi connectivity index (χ3n) is 2.83. The molecule has 0 saturated carbocycles. The number of benzene rings is 1. The predicted octanol–water partition coefficient (Wildman–Crippen LogP) is 3.14. The van der Waals surface area contributed by atoms with E-state index >= 15 is 0 Å². The first-order chi connectivity index (χ1) is 9.31. The highest BCUT2D eigenvalue weighted by molar-refractivity contribution is 7.11. The summed E-state index contributed by atoms with van der Waals surface area (Å²) in [5.41, 5.74) is 2.50. The van der Waals surface area contributed by atoms with Gasteiger partial charge in [-0.3, -0.25) is 0 Å². The fourth-order valence-electron chi connectivity index (χ4n) is 1.92. The average Bonchev–Trinajstić information content (AvgIpc) is 2.88. The second-order valence-electron chi connectivity index (χ2n) is 4.43. The molecule has 0 bridgehead atoms. The van der Waals surface area contributed by atoms with Crippen molar-refractivity contribution in [1.82, 2.24) is 10.3 Å². The van der Waals surface area contributed by atoms with Crippen molar-refractivity contribution in [3.05, 3.63) is 51.5 Å². The number of thiazole rings is 1. The van der Waals surface area contributed by atoms with Crippen LogP contribution in [0, 0.1) is 0 Å². The maximum absolute atomic E-state index is 5.14. The summed E-state index contributed by atoms with van der Waals surface area (Å²) in [5.74, 6) is 0. The minimum absolute atomic E-state index is 0.669. The Morgan fingerprint density at radius 1 is 1.26 bits per heavy atom. The van der Waals surface area contributed by atoms with Crippen LogP contribution in [-0.2, 0) is 30.9 Å². The number of hydrogen-bond acceptors (Lipinski definition) is 4. The van der Waals surface area contributed by atoms with Crippen LogP contribution in [0.1, 0.15) is 27.9 Å². The highest BCUT2D eigenvalue weighted by Crippen LogP contribution is 2.13. The van der Waals surface area contributed by atoms with Gasteiger partial charge in [-0.05, 0) is 17.5 Å². The van der Waals surface area contributed by atoms with Crippen LogP contribution in [0.15, 0.2) is 30.5 Å². The van der Waals surface area contributed by atoms with Crippen LogP contribution in [0.4, 0.5) is 0 Å². The van der Waals surface area contributed by atoms with Crippen molar-refractivity contribution in [1.29, 1.82) is 0 Å². The van der Waals surface area contributed by atoms with E-state index in [1.54, 1.807) is 18.4 Å². The number of ether oxygens (including phenoxy) is 1. The van der Waals surface area contributed by atoms with Crippen LogP contribution >= 0.6 is 11.3 Å². The van der Waals surface area contributed by atoms with Crippen LogP contribution in [0.5, 0.6) is 0 Å². The van der Waals surface area contributed by atoms with Crippen molar-refractivity contribution in [2.24, 2.45) is 0 Å². The lowest BCUT2D eigenvalue weighted by Crippen LogP contribution is -2.11. The Kier molecular flexibility index (Phi) is 5.51. The Bertz CT molecular complexity index is 510. The first-order valence-electron chi connectivity index (χ1n) is 6.53. The van der Waals surface area contributed by atoms with Crippen LogP contribution in [0.2, 0.25) is 0 Å². The smallest absolute Gasteiger partial charge is 0.0925 e. The molecule has 0 amide bonds. The van der Waals surface area contributed by atoms with Gasteiger partial charge in [0.2, 0.25) is 0 Å². The predicted molar refractivity (Wildman–Crippen MR) is 79.2 cm³/mol. The summed E-state index contributed by atoms with van der Waals surface area (Å²) >= 11 is 1.79. The molecule has 1 aromatic heterocycles. The van der Waals surface area contributed by atoms with Crippen LogP contribution in [0.25, 0.3) is 0 Å². The van der Waals surface area contributed by atoms with E-state index in [9.17, 15) is 0 Å². The maximum Gasteiger partial charge on any atom is 0.0925 e. The quantitative estimate of drug-likeness (QED) is 0.843. The molecule has 1 aromatic carbocycles. The molecule has 0 radical (unpaired) electrons. The molecule has 0 aliphatic heterocycles. The largest absolute Gasteiger partial charge is 0.380 e. The monoisotopic (exact) mass is 276 g/mol. The first-order valence-corrected chi connectivity index (χ1v) is 7.34. The molecule has 3 nitrogen and oxygen atoms in total. The SMILES string of the molecule is CCc1ncc(CNCc2cccc(COC)c2)s1. The fraction of sp³-hybridized carbons (Fsp3) is 0.400. The molecule has 0 saturated heterocycles. The normalized spacial score (nSPS) is 10.8. The van der Waals surface area contributed by atoms with Crippen molar-refractivity contribution in [2.75, 3.05) is 7.11 Å². The fourth-order valence-corrected chi connectivity index (χ4v) is 2.75. The summed E-state index contributed by atoms with van der Waals surface area (Å²) in [5, 5.41) is 4.66. The highest BCUT2D eigenvalue weighted by Gasteiger charge is 2.00. The number of rotatable bonds is 7. The Morgan fingerprint density at radius 2 is 2.11 bits per heavy atom. The van der Waals surface area contributed by atoms with Crippen molar-refractivity contribution in [2.45, 2.75) is 33.0 Å². The number of methoxy groups -OCH3 is 1. The molecule has 0 unspecified atom stereocenters. The second-order valence-corrected chi connectivity index (χ2v) is 5.63. The van der Waals surface area contributed by atoms with E-state index in [1.165, 1.54) is 21.0 Å². The van der Waals surface area contributed by atoms with Crippen LogP contribution in [0.3, 0.4) is 0 Å². The summed E-state index contributed by atoms with van der Waals surface area (Å²) < 4.78 is 5.14. The molecular formula is C15H20N2OS. The molecular weight excluding hydrogens is 256 g/mol. The summed E-state index contributed by atoms with van der Waals surface area (Å²) in [7, 11) is 1.72. The van der Waals surface area contributed by atoms with Gasteiger partial charge in [-0.25, -0.2) is 4.98 Å². The van der Waals surface area contributed by atoms with Crippen molar-refractivity contribution < 1.29 is 4.74 Å². The third kappa shape index (κ3) is 4.42. The number of hydrogen-bond donors (Lipinski definition) is 1. The summed E-state index contributed by atoms with van der Waals surface area (Å²) in [6.45, 7) is 4.56. The zero-order valence-corrected chi connectivity index (χ0v) is 12.3. The van der Waals surface area contributed by atoms with Gasteiger partial charge < -0.3 is 10.1 Å². The standard InChI is InChI=1S/C15H20N2OS/c1-3-15-17-10-14(19-15)9-16-8-12-5-4-6-13(7-12)11-18-2/h4-7,10,16H,3,8-9,11H2,1-2H3. The van der Waals surface area contributed by atoms with Gasteiger partial charge in [-0.1, -0.05) is 31.2 Å². The van der Waals surface area contributed by atoms with E-state index in [-0.39, 0.29) is 0 Å². The van der Waals surface area contributed by atoms with E-state index in [2.05, 4.69) is 41.5 Å².